The van der Waals surface area contributed by atoms with Gasteiger partial charge < -0.3 is 24.0 Å². The SMILES string of the molecule is CCCCCC[PH2+]C(C)C.[I-]. The van der Waals surface area contributed by atoms with E-state index in [0.717, 1.165) is 14.2 Å². The molecule has 0 spiro atoms. The molecule has 2 heteroatoms. The Labute approximate surface area is 90.7 Å². The summed E-state index contributed by atoms with van der Waals surface area (Å²) in [7, 11) is 0.759. The first kappa shape index (κ1) is 14.7. The van der Waals surface area contributed by atoms with Gasteiger partial charge in [-0.3, -0.25) is 0 Å². The number of unbranched alkanes of at least 4 members (excludes halogenated alkanes) is 3. The number of halogens is 1. The van der Waals surface area contributed by atoms with Crippen molar-refractivity contribution in [1.29, 1.82) is 0 Å². The highest BCUT2D eigenvalue weighted by atomic mass is 127. The smallest absolute Gasteiger partial charge is 0.0596 e. The van der Waals surface area contributed by atoms with Gasteiger partial charge in [-0.25, -0.2) is 0 Å². The van der Waals surface area contributed by atoms with E-state index in [1.54, 1.807) is 0 Å². The number of hydrogen-bond acceptors (Lipinski definition) is 0. The molecule has 0 amide bonds. The second-order valence-electron chi connectivity index (χ2n) is 3.33. The largest absolute Gasteiger partial charge is 1.00 e. The average Bonchev–Trinajstić information content (AvgIpc) is 1.87. The summed E-state index contributed by atoms with van der Waals surface area (Å²) in [5.74, 6) is 0. The van der Waals surface area contributed by atoms with Gasteiger partial charge >= 0.3 is 0 Å². The lowest BCUT2D eigenvalue weighted by Gasteiger charge is -1.97. The highest BCUT2D eigenvalue weighted by Gasteiger charge is 1.98. The molecule has 0 radical (unpaired) electrons. The van der Waals surface area contributed by atoms with Gasteiger partial charge in [0.1, 0.15) is 0 Å². The van der Waals surface area contributed by atoms with Crippen molar-refractivity contribution in [1.82, 2.24) is 0 Å². The summed E-state index contributed by atoms with van der Waals surface area (Å²) in [4.78, 5) is 0. The van der Waals surface area contributed by atoms with Gasteiger partial charge in [0.15, 0.2) is 0 Å². The highest BCUT2D eigenvalue weighted by molar-refractivity contribution is 7.38. The second-order valence-corrected chi connectivity index (χ2v) is 5.71. The normalized spacial score (nSPS) is 10.9. The molecule has 0 saturated carbocycles. The standard InChI is InChI=1S/C9H21P.HI/c1-4-5-6-7-8-10-9(2)3;/h9-10H,4-8H2,1-3H3;1H. The van der Waals surface area contributed by atoms with E-state index in [9.17, 15) is 0 Å². The third kappa shape index (κ3) is 14.1. The molecule has 1 atom stereocenters. The molecule has 0 aliphatic rings. The fourth-order valence-electron chi connectivity index (χ4n) is 1.02. The predicted molar refractivity (Wildman–Crippen MR) is 53.9 cm³/mol. The van der Waals surface area contributed by atoms with Crippen LogP contribution in [-0.4, -0.2) is 11.8 Å². The minimum atomic E-state index is 0. The van der Waals surface area contributed by atoms with Crippen LogP contribution in [0.1, 0.15) is 46.5 Å². The Morgan fingerprint density at radius 2 is 1.73 bits per heavy atom. The van der Waals surface area contributed by atoms with Gasteiger partial charge in [-0.05, 0) is 35.3 Å². The summed E-state index contributed by atoms with van der Waals surface area (Å²) in [6.07, 6.45) is 7.30. The second kappa shape index (κ2) is 11.2. The maximum Gasteiger partial charge on any atom is 0.0596 e. The van der Waals surface area contributed by atoms with Gasteiger partial charge in [0.25, 0.3) is 0 Å². The van der Waals surface area contributed by atoms with E-state index in [2.05, 4.69) is 20.8 Å². The molecule has 1 unspecified atom stereocenters. The van der Waals surface area contributed by atoms with E-state index >= 15 is 0 Å². The van der Waals surface area contributed by atoms with E-state index in [1.807, 2.05) is 0 Å². The minimum Gasteiger partial charge on any atom is -1.00 e. The molecule has 0 aliphatic heterocycles. The third-order valence-corrected chi connectivity index (χ3v) is 3.38. The van der Waals surface area contributed by atoms with Gasteiger partial charge in [-0.2, -0.15) is 0 Å². The van der Waals surface area contributed by atoms with Crippen molar-refractivity contribution in [3.05, 3.63) is 0 Å². The Morgan fingerprint density at radius 1 is 1.09 bits per heavy atom. The predicted octanol–water partition coefficient (Wildman–Crippen LogP) is 0.390. The molecule has 0 aromatic carbocycles. The van der Waals surface area contributed by atoms with Gasteiger partial charge in [0.05, 0.1) is 11.8 Å². The van der Waals surface area contributed by atoms with Crippen molar-refractivity contribution < 1.29 is 24.0 Å². The van der Waals surface area contributed by atoms with Crippen LogP contribution < -0.4 is 24.0 Å². The molecule has 0 aromatic rings. The Morgan fingerprint density at radius 3 is 2.18 bits per heavy atom. The molecular formula is C9H22IP. The zero-order valence-corrected chi connectivity index (χ0v) is 11.4. The molecule has 0 aromatic heterocycles. The quantitative estimate of drug-likeness (QED) is 0.377. The van der Waals surface area contributed by atoms with E-state index in [0.29, 0.717) is 0 Å². The average molecular weight is 288 g/mol. The van der Waals surface area contributed by atoms with Crippen molar-refractivity contribution in [3.63, 3.8) is 0 Å². The van der Waals surface area contributed by atoms with Crippen molar-refractivity contribution in [2.24, 2.45) is 0 Å². The lowest BCUT2D eigenvalue weighted by Crippen LogP contribution is -3.00. The van der Waals surface area contributed by atoms with Gasteiger partial charge in [0, 0.05) is 0 Å². The van der Waals surface area contributed by atoms with Crippen molar-refractivity contribution >= 4 is 8.58 Å². The van der Waals surface area contributed by atoms with E-state index in [4.69, 9.17) is 0 Å². The Bertz CT molecular complexity index is 64.6. The Kier molecular flexibility index (Phi) is 14.9. The van der Waals surface area contributed by atoms with E-state index in [-0.39, 0.29) is 24.0 Å². The number of rotatable bonds is 6. The number of hydrogen-bond donors (Lipinski definition) is 0. The summed E-state index contributed by atoms with van der Waals surface area (Å²) >= 11 is 0. The highest BCUT2D eigenvalue weighted by Crippen LogP contribution is 2.19. The summed E-state index contributed by atoms with van der Waals surface area (Å²) in [6.45, 7) is 6.96. The molecule has 0 aliphatic carbocycles. The van der Waals surface area contributed by atoms with Crippen molar-refractivity contribution in [2.45, 2.75) is 52.1 Å². The fraction of sp³-hybridized carbons (Fsp3) is 1.00. The molecule has 0 nitrogen and oxygen atoms in total. The molecule has 11 heavy (non-hydrogen) atoms. The molecule has 0 rings (SSSR count). The van der Waals surface area contributed by atoms with Crippen LogP contribution in [0.3, 0.4) is 0 Å². The maximum absolute atomic E-state index is 2.34. The van der Waals surface area contributed by atoms with Crippen LogP contribution in [0.25, 0.3) is 0 Å². The van der Waals surface area contributed by atoms with Crippen molar-refractivity contribution in [3.8, 4) is 0 Å². The van der Waals surface area contributed by atoms with Crippen LogP contribution in [-0.2, 0) is 0 Å². The third-order valence-electron chi connectivity index (χ3n) is 1.70. The van der Waals surface area contributed by atoms with Crippen LogP contribution >= 0.6 is 8.58 Å². The van der Waals surface area contributed by atoms with E-state index < -0.39 is 0 Å². The fourth-order valence-corrected chi connectivity index (χ4v) is 2.21. The molecule has 0 bridgehead atoms. The van der Waals surface area contributed by atoms with E-state index in [1.165, 1.54) is 31.8 Å². The summed E-state index contributed by atoms with van der Waals surface area (Å²) in [6, 6.07) is 0. The monoisotopic (exact) mass is 288 g/mol. The molecule has 0 saturated heterocycles. The molecule has 0 heterocycles. The lowest BCUT2D eigenvalue weighted by atomic mass is 10.2. The van der Waals surface area contributed by atoms with Crippen LogP contribution in [0.4, 0.5) is 0 Å². The van der Waals surface area contributed by atoms with Crippen LogP contribution in [0.5, 0.6) is 0 Å². The Hall–Kier alpha value is 1.16. The zero-order valence-electron chi connectivity index (χ0n) is 8.07. The first-order valence-corrected chi connectivity index (χ1v) is 6.09. The summed E-state index contributed by atoms with van der Waals surface area (Å²) < 4.78 is 0. The topological polar surface area (TPSA) is 0 Å². The lowest BCUT2D eigenvalue weighted by molar-refractivity contribution is -0.00000233. The summed E-state index contributed by atoms with van der Waals surface area (Å²) in [5.41, 5.74) is 0.988. The molecule has 70 valence electrons. The first-order valence-electron chi connectivity index (χ1n) is 4.60. The van der Waals surface area contributed by atoms with Crippen LogP contribution in [0.2, 0.25) is 0 Å². The maximum atomic E-state index is 2.34. The molecule has 0 N–H and O–H groups in total. The van der Waals surface area contributed by atoms with Crippen LogP contribution in [0.15, 0.2) is 0 Å². The van der Waals surface area contributed by atoms with Gasteiger partial charge in [0.2, 0.25) is 0 Å². The molecule has 0 fully saturated rings. The van der Waals surface area contributed by atoms with Gasteiger partial charge in [-0.1, -0.05) is 19.8 Å². The van der Waals surface area contributed by atoms with Gasteiger partial charge in [-0.15, -0.1) is 0 Å². The Balaban J connectivity index is 0. The van der Waals surface area contributed by atoms with Crippen LogP contribution in [0, 0.1) is 0 Å². The first-order chi connectivity index (χ1) is 4.77. The zero-order chi connectivity index (χ0) is 7.82. The minimum absolute atomic E-state index is 0. The van der Waals surface area contributed by atoms with Crippen molar-refractivity contribution in [2.75, 3.05) is 6.16 Å². The molecular weight excluding hydrogens is 266 g/mol. The summed E-state index contributed by atoms with van der Waals surface area (Å²) in [5, 5.41) is 0.